The average Bonchev–Trinajstić information content (AvgIpc) is 3.06. The zero-order chi connectivity index (χ0) is 21.3. The molecule has 7 rings (SSSR count). The molecule has 0 radical (unpaired) electrons. The van der Waals surface area contributed by atoms with Crippen LogP contribution in [0.3, 0.4) is 0 Å². The Kier molecular flexibility index (Phi) is 10.00. The van der Waals surface area contributed by atoms with Gasteiger partial charge in [-0.05, 0) is 56.3 Å². The summed E-state index contributed by atoms with van der Waals surface area (Å²) >= 11 is 2.27. The number of fused-ring (bicyclic) bond motifs is 3. The molecule has 3 aromatic rings. The third-order valence-electron chi connectivity index (χ3n) is 7.04. The summed E-state index contributed by atoms with van der Waals surface area (Å²) in [5.41, 5.74) is 7.24. The van der Waals surface area contributed by atoms with Crippen LogP contribution < -0.4 is 24.8 Å². The van der Waals surface area contributed by atoms with E-state index in [-0.39, 0.29) is 42.3 Å². The van der Waals surface area contributed by atoms with E-state index in [1.165, 1.54) is 40.8 Å². The van der Waals surface area contributed by atoms with Crippen LogP contribution in [0, 0.1) is 23.2 Å². The number of rotatable bonds is 1. The first-order valence-corrected chi connectivity index (χ1v) is 16.0. The molecule has 4 fully saturated rings. The maximum Gasteiger partial charge on any atom is 0.0550 e. The number of hydrogen-bond acceptors (Lipinski definition) is 1. The van der Waals surface area contributed by atoms with Crippen molar-refractivity contribution in [2.24, 2.45) is 23.2 Å². The SMILES string of the molecule is C[Si](C)=[Ti+2].[Cl-].[Cl-].[NH-]C(=O)C12CC3CC(CC(C3)C1)C2.c1ccc2c(c1)[cH-]c1ccccc12. The van der Waals surface area contributed by atoms with Crippen LogP contribution in [0.15, 0.2) is 54.6 Å². The summed E-state index contributed by atoms with van der Waals surface area (Å²) in [5.74, 6) is 2.12. The number of halogens is 2. The predicted molar refractivity (Wildman–Crippen MR) is 124 cm³/mol. The van der Waals surface area contributed by atoms with Gasteiger partial charge in [-0.1, -0.05) is 36.4 Å². The molecule has 0 heterocycles. The molecule has 32 heavy (non-hydrogen) atoms. The number of carbonyl (C=O) groups excluding carboxylic acids is 1. The van der Waals surface area contributed by atoms with Crippen molar-refractivity contribution in [3.05, 3.63) is 60.3 Å². The van der Waals surface area contributed by atoms with Gasteiger partial charge >= 0.3 is 38.5 Å². The Morgan fingerprint density at radius 1 is 0.875 bits per heavy atom. The van der Waals surface area contributed by atoms with E-state index in [0.717, 1.165) is 37.0 Å². The van der Waals surface area contributed by atoms with Gasteiger partial charge in [0.15, 0.2) is 0 Å². The number of carbonyl (C=O) groups is 1. The van der Waals surface area contributed by atoms with E-state index in [1.54, 1.807) is 0 Å². The molecule has 0 aliphatic heterocycles. The van der Waals surface area contributed by atoms with Crippen molar-refractivity contribution in [3.63, 3.8) is 0 Å². The van der Waals surface area contributed by atoms with Gasteiger partial charge in [0.1, 0.15) is 0 Å². The third kappa shape index (κ3) is 6.04. The Morgan fingerprint density at radius 2 is 1.22 bits per heavy atom. The van der Waals surface area contributed by atoms with Crippen LogP contribution in [0.25, 0.3) is 27.3 Å². The molecule has 0 saturated heterocycles. The summed E-state index contributed by atoms with van der Waals surface area (Å²) in [6.07, 6.45) is 7.31. The Balaban J connectivity index is 0.000000185. The van der Waals surface area contributed by atoms with Crippen molar-refractivity contribution in [1.29, 1.82) is 0 Å². The van der Waals surface area contributed by atoms with E-state index >= 15 is 0 Å². The van der Waals surface area contributed by atoms with Gasteiger partial charge in [0, 0.05) is 5.41 Å². The van der Waals surface area contributed by atoms with Gasteiger partial charge in [-0.25, -0.2) is 0 Å². The van der Waals surface area contributed by atoms with Crippen molar-refractivity contribution in [2.75, 3.05) is 0 Å². The molecule has 1 amide bonds. The van der Waals surface area contributed by atoms with Crippen molar-refractivity contribution in [2.45, 2.75) is 51.6 Å². The summed E-state index contributed by atoms with van der Waals surface area (Å²) < 4.78 is 0. The number of hydrogen-bond donors (Lipinski definition) is 0. The molecule has 6 heteroatoms. The molecule has 4 saturated carbocycles. The molecule has 0 spiro atoms. The molecule has 0 aromatic heterocycles. The van der Waals surface area contributed by atoms with Crippen LogP contribution in [0.4, 0.5) is 0 Å². The fourth-order valence-corrected chi connectivity index (χ4v) is 6.29. The molecule has 0 unspecified atom stereocenters. The Bertz CT molecular complexity index is 990. The monoisotopic (exact) mass is 519 g/mol. The molecule has 4 bridgehead atoms. The molecule has 4 aliphatic carbocycles. The quantitative estimate of drug-likeness (QED) is 0.352. The van der Waals surface area contributed by atoms with E-state index in [4.69, 9.17) is 5.73 Å². The van der Waals surface area contributed by atoms with Crippen LogP contribution in [-0.2, 0) is 24.0 Å². The number of benzene rings is 2. The van der Waals surface area contributed by atoms with Gasteiger partial charge in [0.2, 0.25) is 0 Å². The van der Waals surface area contributed by atoms with Gasteiger partial charge in [0.25, 0.3) is 0 Å². The van der Waals surface area contributed by atoms with Crippen LogP contribution in [0.5, 0.6) is 0 Å². The summed E-state index contributed by atoms with van der Waals surface area (Å²) in [6, 6.07) is 19.3. The van der Waals surface area contributed by atoms with Gasteiger partial charge in [-0.15, -0.1) is 39.7 Å². The maximum atomic E-state index is 11.4. The first kappa shape index (κ1) is 27.5. The van der Waals surface area contributed by atoms with Crippen LogP contribution in [-0.4, -0.2) is 12.1 Å². The van der Waals surface area contributed by atoms with E-state index in [9.17, 15) is 4.79 Å². The topological polar surface area (TPSA) is 40.9 Å². The molecule has 170 valence electrons. The Morgan fingerprint density at radius 3 is 1.56 bits per heavy atom. The second kappa shape index (κ2) is 11.6. The summed E-state index contributed by atoms with van der Waals surface area (Å²) in [7, 11) is 0. The normalized spacial score (nSPS) is 26.7. The fourth-order valence-electron chi connectivity index (χ4n) is 6.29. The van der Waals surface area contributed by atoms with Gasteiger partial charge in [-0.2, -0.15) is 0 Å². The minimum atomic E-state index is -0.258. The Hall–Kier alpha value is -0.709. The van der Waals surface area contributed by atoms with Crippen molar-refractivity contribution in [3.8, 4) is 0 Å². The van der Waals surface area contributed by atoms with Crippen LogP contribution in [0.1, 0.15) is 38.5 Å². The molecular formula is C26H31Cl2NOSiTi-2. The first-order valence-electron chi connectivity index (χ1n) is 11.2. The zero-order valence-corrected chi connectivity index (χ0v) is 22.9. The van der Waals surface area contributed by atoms with E-state index in [1.807, 2.05) is 0 Å². The number of nitrogens with one attached hydrogen (secondary N) is 1. The molecule has 3 aromatic carbocycles. The van der Waals surface area contributed by atoms with Crippen molar-refractivity contribution in [1.82, 2.24) is 0 Å². The number of amides is 1. The zero-order valence-electron chi connectivity index (χ0n) is 18.8. The molecule has 4 aliphatic rings. The van der Waals surface area contributed by atoms with E-state index in [0.29, 0.717) is 0 Å². The first-order chi connectivity index (χ1) is 14.4. The molecular weight excluding hydrogens is 489 g/mol. The second-order valence-corrected chi connectivity index (χ2v) is 16.5. The minimum absolute atomic E-state index is 0. The summed E-state index contributed by atoms with van der Waals surface area (Å²) in [6.45, 7) is 4.54. The standard InChI is InChI=1S/C13H9.C11H17NO.C2H6Si.2ClH.Ti/c1-3-7-12-10(5-1)9-11-6-2-4-8-13(11)12;12-10(13)11-4-7-1-8(5-11)3-9(2-7)6-11;1-3-2;;;/h1-9H;7-9H,1-6H2,(H2,12,13);1-2H3;2*1H;/q-1;;;;;+2/p-3. The van der Waals surface area contributed by atoms with Gasteiger partial charge in [0.05, 0.1) is 5.91 Å². The van der Waals surface area contributed by atoms with Crippen LogP contribution in [0.2, 0.25) is 13.1 Å². The average molecular weight is 520 g/mol. The predicted octanol–water partition coefficient (Wildman–Crippen LogP) is 1.29. The third-order valence-corrected chi connectivity index (χ3v) is 7.04. The molecule has 2 nitrogen and oxygen atoms in total. The van der Waals surface area contributed by atoms with Crippen molar-refractivity contribution < 1.29 is 48.8 Å². The minimum Gasteiger partial charge on any atom is -1.00 e. The van der Waals surface area contributed by atoms with E-state index in [2.05, 4.69) is 86.9 Å². The second-order valence-electron chi connectivity index (χ2n) is 9.85. The van der Waals surface area contributed by atoms with Crippen molar-refractivity contribution >= 4 is 33.6 Å². The smallest absolute Gasteiger partial charge is 0.0550 e. The summed E-state index contributed by atoms with van der Waals surface area (Å²) in [5, 5.41) is 5.39. The fraction of sp³-hybridized carbons (Fsp3) is 0.462. The van der Waals surface area contributed by atoms with Gasteiger partial charge in [-0.3, -0.25) is 0 Å². The molecule has 0 atom stereocenters. The summed E-state index contributed by atoms with van der Waals surface area (Å²) in [4.78, 5) is 11.4. The largest absolute Gasteiger partial charge is 1.00 e. The van der Waals surface area contributed by atoms with Crippen LogP contribution >= 0.6 is 0 Å². The maximum absolute atomic E-state index is 11.4. The Labute approximate surface area is 216 Å². The van der Waals surface area contributed by atoms with Gasteiger partial charge < -0.3 is 35.3 Å². The van der Waals surface area contributed by atoms with E-state index < -0.39 is 0 Å². The molecule has 1 N–H and O–H groups in total.